The van der Waals surface area contributed by atoms with E-state index in [9.17, 15) is 14.4 Å². The van der Waals surface area contributed by atoms with Gasteiger partial charge in [-0.2, -0.15) is 0 Å². The highest BCUT2D eigenvalue weighted by molar-refractivity contribution is 5.80. The lowest BCUT2D eigenvalue weighted by Crippen LogP contribution is -2.43. The van der Waals surface area contributed by atoms with Crippen LogP contribution in [0.1, 0.15) is 33.1 Å². The highest BCUT2D eigenvalue weighted by Gasteiger charge is 2.55. The minimum absolute atomic E-state index is 0.00361. The van der Waals surface area contributed by atoms with Crippen LogP contribution in [0.2, 0.25) is 0 Å². The van der Waals surface area contributed by atoms with Crippen LogP contribution in [0.15, 0.2) is 33.5 Å². The van der Waals surface area contributed by atoms with Crippen LogP contribution in [-0.2, 0) is 16.1 Å². The molecule has 1 saturated carbocycles. The number of aromatic nitrogens is 1. The summed E-state index contributed by atoms with van der Waals surface area (Å²) in [7, 11) is 0. The van der Waals surface area contributed by atoms with Gasteiger partial charge in [0.25, 0.3) is 0 Å². The van der Waals surface area contributed by atoms with Crippen LogP contribution in [0.4, 0.5) is 0 Å². The molecule has 1 aliphatic heterocycles. The van der Waals surface area contributed by atoms with Gasteiger partial charge in [0.2, 0.25) is 11.8 Å². The van der Waals surface area contributed by atoms with Crippen molar-refractivity contribution >= 4 is 22.9 Å². The van der Waals surface area contributed by atoms with Crippen LogP contribution in [-0.4, -0.2) is 40.4 Å². The van der Waals surface area contributed by atoms with Gasteiger partial charge in [0, 0.05) is 25.0 Å². The number of carbonyl (C=O) groups is 2. The van der Waals surface area contributed by atoms with E-state index in [1.807, 2.05) is 24.8 Å². The van der Waals surface area contributed by atoms with Gasteiger partial charge in [-0.25, -0.2) is 4.79 Å². The van der Waals surface area contributed by atoms with E-state index in [1.54, 1.807) is 18.2 Å². The van der Waals surface area contributed by atoms with E-state index >= 15 is 0 Å². The molecule has 2 heterocycles. The summed E-state index contributed by atoms with van der Waals surface area (Å²) in [6.45, 7) is 5.12. The lowest BCUT2D eigenvalue weighted by molar-refractivity contribution is -0.133. The summed E-state index contributed by atoms with van der Waals surface area (Å²) in [4.78, 5) is 38.5. The number of piperidine rings is 1. The van der Waals surface area contributed by atoms with Gasteiger partial charge in [-0.15, -0.1) is 0 Å². The Hall–Kier alpha value is -2.57. The zero-order valence-electron chi connectivity index (χ0n) is 15.7. The second-order valence-electron chi connectivity index (χ2n) is 8.08. The van der Waals surface area contributed by atoms with Gasteiger partial charge in [0.05, 0.1) is 5.52 Å². The van der Waals surface area contributed by atoms with Gasteiger partial charge in [0.1, 0.15) is 6.54 Å². The number of likely N-dealkylation sites (tertiary alicyclic amines) is 1. The first-order valence-corrected chi connectivity index (χ1v) is 9.56. The molecule has 2 aliphatic rings. The quantitative estimate of drug-likeness (QED) is 0.887. The molecule has 144 valence electrons. The van der Waals surface area contributed by atoms with E-state index < -0.39 is 5.76 Å². The number of fused-ring (bicyclic) bond motifs is 1. The number of hydrogen-bond acceptors (Lipinski definition) is 4. The maximum Gasteiger partial charge on any atom is 0.420 e. The van der Waals surface area contributed by atoms with Gasteiger partial charge >= 0.3 is 5.76 Å². The third kappa shape index (κ3) is 3.26. The third-order valence-electron chi connectivity index (χ3n) is 6.01. The number of nitrogens with zero attached hydrogens (tertiary/aromatic N) is 2. The summed E-state index contributed by atoms with van der Waals surface area (Å²) in [6.07, 6.45) is 2.78. The fraction of sp³-hybridized carbons (Fsp3) is 0.550. The van der Waals surface area contributed by atoms with Gasteiger partial charge in [-0.3, -0.25) is 14.2 Å². The molecule has 4 rings (SSSR count). The van der Waals surface area contributed by atoms with Crippen molar-refractivity contribution in [3.8, 4) is 0 Å². The Labute approximate surface area is 157 Å². The molecule has 0 radical (unpaired) electrons. The van der Waals surface area contributed by atoms with Crippen molar-refractivity contribution < 1.29 is 14.0 Å². The van der Waals surface area contributed by atoms with Crippen molar-refractivity contribution in [3.63, 3.8) is 0 Å². The average Bonchev–Trinajstić information content (AvgIpc) is 3.20. The molecule has 1 atom stereocenters. The topological polar surface area (TPSA) is 84.5 Å². The summed E-state index contributed by atoms with van der Waals surface area (Å²) in [5.41, 5.74) is 1.29. The normalized spacial score (nSPS) is 21.0. The average molecular weight is 371 g/mol. The van der Waals surface area contributed by atoms with Crippen LogP contribution >= 0.6 is 0 Å². The summed E-state index contributed by atoms with van der Waals surface area (Å²) < 4.78 is 6.59. The summed E-state index contributed by atoms with van der Waals surface area (Å²) in [6, 6.07) is 7.37. The van der Waals surface area contributed by atoms with Gasteiger partial charge < -0.3 is 14.6 Å². The second-order valence-corrected chi connectivity index (χ2v) is 8.08. The van der Waals surface area contributed by atoms with E-state index in [4.69, 9.17) is 4.42 Å². The molecule has 1 aliphatic carbocycles. The Morgan fingerprint density at radius 2 is 1.96 bits per heavy atom. The molecule has 1 N–H and O–H groups in total. The predicted molar refractivity (Wildman–Crippen MR) is 100 cm³/mol. The zero-order chi connectivity index (χ0) is 19.2. The minimum atomic E-state index is -0.503. The first-order valence-electron chi connectivity index (χ1n) is 9.56. The van der Waals surface area contributed by atoms with E-state index in [-0.39, 0.29) is 35.7 Å². The Kier molecular flexibility index (Phi) is 4.32. The SMILES string of the molecule is CC(C)C(=O)NC1CC12CCN(C(=O)Cn1c(=O)oc3ccccc31)CC2. The standard InChI is InChI=1S/C20H25N3O4/c1-13(2)18(25)21-16-11-20(16)7-9-22(10-8-20)17(24)12-23-14-5-3-4-6-15(14)27-19(23)26/h3-6,13,16H,7-12H2,1-2H3,(H,21,25). The van der Waals surface area contributed by atoms with Crippen LogP contribution in [0.5, 0.6) is 0 Å². The highest BCUT2D eigenvalue weighted by Crippen LogP contribution is 2.53. The molecule has 0 bridgehead atoms. The molecule has 1 unspecified atom stereocenters. The van der Waals surface area contributed by atoms with Crippen molar-refractivity contribution in [2.75, 3.05) is 13.1 Å². The monoisotopic (exact) mass is 371 g/mol. The number of amides is 2. The van der Waals surface area contributed by atoms with Crippen LogP contribution in [0.3, 0.4) is 0 Å². The van der Waals surface area contributed by atoms with Gasteiger partial charge in [-0.1, -0.05) is 26.0 Å². The molecular weight excluding hydrogens is 346 g/mol. The van der Waals surface area contributed by atoms with Crippen molar-refractivity contribution in [2.24, 2.45) is 11.3 Å². The number of rotatable bonds is 4. The fourth-order valence-electron chi connectivity index (χ4n) is 4.04. The molecule has 2 amide bonds. The molecule has 1 aromatic carbocycles. The Morgan fingerprint density at radius 1 is 1.26 bits per heavy atom. The van der Waals surface area contributed by atoms with Gasteiger partial charge in [0.15, 0.2) is 5.58 Å². The lowest BCUT2D eigenvalue weighted by Gasteiger charge is -2.33. The molecule has 1 saturated heterocycles. The van der Waals surface area contributed by atoms with Crippen LogP contribution in [0.25, 0.3) is 11.1 Å². The largest absolute Gasteiger partial charge is 0.420 e. The van der Waals surface area contributed by atoms with E-state index in [2.05, 4.69) is 5.32 Å². The van der Waals surface area contributed by atoms with Gasteiger partial charge in [-0.05, 0) is 36.8 Å². The smallest absolute Gasteiger partial charge is 0.408 e. The first-order chi connectivity index (χ1) is 12.9. The summed E-state index contributed by atoms with van der Waals surface area (Å²) >= 11 is 0. The van der Waals surface area contributed by atoms with Crippen LogP contribution < -0.4 is 11.1 Å². The molecular formula is C20H25N3O4. The van der Waals surface area contributed by atoms with E-state index in [1.165, 1.54) is 4.57 Å². The molecule has 7 nitrogen and oxygen atoms in total. The summed E-state index contributed by atoms with van der Waals surface area (Å²) in [5.74, 6) is -0.479. The lowest BCUT2D eigenvalue weighted by atomic mass is 9.92. The summed E-state index contributed by atoms with van der Waals surface area (Å²) in [5, 5.41) is 3.12. The van der Waals surface area contributed by atoms with Crippen molar-refractivity contribution in [1.82, 2.24) is 14.8 Å². The van der Waals surface area contributed by atoms with Crippen molar-refractivity contribution in [2.45, 2.75) is 45.7 Å². The van der Waals surface area contributed by atoms with Crippen molar-refractivity contribution in [3.05, 3.63) is 34.8 Å². The minimum Gasteiger partial charge on any atom is -0.408 e. The number of nitrogens with one attached hydrogen (secondary N) is 1. The maximum absolute atomic E-state index is 12.7. The molecule has 2 fully saturated rings. The van der Waals surface area contributed by atoms with E-state index in [0.29, 0.717) is 24.2 Å². The molecule has 1 spiro atoms. The third-order valence-corrected chi connectivity index (χ3v) is 6.01. The number of oxazole rings is 1. The predicted octanol–water partition coefficient (Wildman–Crippen LogP) is 1.75. The molecule has 2 aromatic rings. The molecule has 7 heteroatoms. The van der Waals surface area contributed by atoms with Crippen LogP contribution in [0, 0.1) is 11.3 Å². The maximum atomic E-state index is 12.7. The fourth-order valence-corrected chi connectivity index (χ4v) is 4.04. The molecule has 1 aromatic heterocycles. The number of hydrogen-bond donors (Lipinski definition) is 1. The number of carbonyl (C=O) groups excluding carboxylic acids is 2. The first kappa shape index (κ1) is 17.8. The number of para-hydroxylation sites is 2. The Balaban J connectivity index is 1.36. The number of benzene rings is 1. The zero-order valence-corrected chi connectivity index (χ0v) is 15.7. The van der Waals surface area contributed by atoms with Crippen molar-refractivity contribution in [1.29, 1.82) is 0 Å². The Morgan fingerprint density at radius 3 is 2.67 bits per heavy atom. The van der Waals surface area contributed by atoms with E-state index in [0.717, 1.165) is 19.3 Å². The molecule has 27 heavy (non-hydrogen) atoms. The highest BCUT2D eigenvalue weighted by atomic mass is 16.4. The second kappa shape index (κ2) is 6.55. The Bertz CT molecular complexity index is 934.